The summed E-state index contributed by atoms with van der Waals surface area (Å²) in [4.78, 5) is 18.8. The molecular formula is C14H15ClN2O3. The van der Waals surface area contributed by atoms with Crippen LogP contribution in [0.3, 0.4) is 0 Å². The number of rotatable bonds is 3. The lowest BCUT2D eigenvalue weighted by Gasteiger charge is -2.22. The van der Waals surface area contributed by atoms with Crippen molar-refractivity contribution < 1.29 is 9.84 Å². The molecule has 0 spiro atoms. The highest BCUT2D eigenvalue weighted by molar-refractivity contribution is 6.33. The van der Waals surface area contributed by atoms with E-state index in [1.165, 1.54) is 7.11 Å². The molecule has 0 aliphatic rings. The molecule has 1 heterocycles. The van der Waals surface area contributed by atoms with Gasteiger partial charge in [0.25, 0.3) is 5.56 Å². The Balaban J connectivity index is 2.65. The molecule has 2 rings (SSSR count). The Kier molecular flexibility index (Phi) is 3.83. The number of nitrogens with one attached hydrogen (secondary N) is 1. The zero-order chi connectivity index (χ0) is 14.9. The van der Waals surface area contributed by atoms with Crippen LogP contribution in [0.4, 0.5) is 0 Å². The maximum atomic E-state index is 12.2. The minimum absolute atomic E-state index is 0.0475. The van der Waals surface area contributed by atoms with Crippen LogP contribution in [-0.4, -0.2) is 22.2 Å². The number of halogens is 1. The van der Waals surface area contributed by atoms with Crippen molar-refractivity contribution in [3.63, 3.8) is 0 Å². The van der Waals surface area contributed by atoms with Gasteiger partial charge in [0.05, 0.1) is 0 Å². The summed E-state index contributed by atoms with van der Waals surface area (Å²) in [7, 11) is 1.50. The van der Waals surface area contributed by atoms with Gasteiger partial charge in [-0.15, -0.1) is 0 Å². The largest absolute Gasteiger partial charge is 0.493 e. The summed E-state index contributed by atoms with van der Waals surface area (Å²) in [5.74, 6) is -0.125. The fourth-order valence-corrected chi connectivity index (χ4v) is 1.98. The monoisotopic (exact) mass is 294 g/mol. The minimum Gasteiger partial charge on any atom is -0.493 e. The predicted molar refractivity (Wildman–Crippen MR) is 77.0 cm³/mol. The third kappa shape index (κ3) is 2.55. The topological polar surface area (TPSA) is 75.2 Å². The number of aromatic hydroxyl groups is 1. The Labute approximate surface area is 121 Å². The summed E-state index contributed by atoms with van der Waals surface area (Å²) in [5.41, 5.74) is -0.797. The van der Waals surface area contributed by atoms with Crippen molar-refractivity contribution in [2.24, 2.45) is 0 Å². The molecule has 1 aromatic carbocycles. The van der Waals surface area contributed by atoms with E-state index in [1.54, 1.807) is 38.1 Å². The Morgan fingerprint density at radius 3 is 2.55 bits per heavy atom. The summed E-state index contributed by atoms with van der Waals surface area (Å²) >= 11 is 6.04. The smallest absolute Gasteiger partial charge is 0.262 e. The van der Waals surface area contributed by atoms with E-state index < -0.39 is 11.2 Å². The summed E-state index contributed by atoms with van der Waals surface area (Å²) in [6.45, 7) is 3.47. The van der Waals surface area contributed by atoms with Gasteiger partial charge in [-0.1, -0.05) is 29.8 Å². The number of ether oxygens (including phenoxy) is 1. The first-order valence-electron chi connectivity index (χ1n) is 6.00. The van der Waals surface area contributed by atoms with E-state index in [9.17, 15) is 9.90 Å². The van der Waals surface area contributed by atoms with E-state index in [1.807, 2.05) is 0 Å². The molecular weight excluding hydrogens is 280 g/mol. The van der Waals surface area contributed by atoms with Crippen LogP contribution < -0.4 is 5.56 Å². The van der Waals surface area contributed by atoms with E-state index in [0.29, 0.717) is 10.6 Å². The van der Waals surface area contributed by atoms with Gasteiger partial charge >= 0.3 is 0 Å². The van der Waals surface area contributed by atoms with Crippen molar-refractivity contribution in [2.75, 3.05) is 7.11 Å². The first kappa shape index (κ1) is 14.6. The first-order valence-corrected chi connectivity index (χ1v) is 6.38. The predicted octanol–water partition coefficient (Wildman–Crippen LogP) is 2.68. The number of aromatic amines is 1. The average molecular weight is 295 g/mol. The lowest BCUT2D eigenvalue weighted by atomic mass is 10.1. The van der Waals surface area contributed by atoms with Crippen LogP contribution in [0, 0.1) is 0 Å². The Hall–Kier alpha value is -1.85. The molecule has 0 bridgehead atoms. The molecule has 5 nitrogen and oxygen atoms in total. The highest BCUT2D eigenvalue weighted by Crippen LogP contribution is 2.31. The molecule has 0 atom stereocenters. The molecule has 0 unspecified atom stereocenters. The molecule has 0 radical (unpaired) electrons. The number of methoxy groups -OCH3 is 1. The van der Waals surface area contributed by atoms with Crippen molar-refractivity contribution >= 4 is 11.6 Å². The van der Waals surface area contributed by atoms with Crippen LogP contribution in [0.1, 0.15) is 19.7 Å². The minimum atomic E-state index is -0.810. The second-order valence-electron chi connectivity index (χ2n) is 4.81. The summed E-state index contributed by atoms with van der Waals surface area (Å²) in [5, 5.41) is 10.4. The molecule has 106 valence electrons. The number of nitrogens with zero attached hydrogens (tertiary/aromatic N) is 1. The standard InChI is InChI=1S/C14H15ClN2O3/c1-14(2,20-3)13-16-11(18)10(12(19)17-13)8-6-4-5-7-9(8)15/h4-7H,1-3H3,(H2,16,17,18,19). The number of benzene rings is 1. The fourth-order valence-electron chi connectivity index (χ4n) is 1.75. The SMILES string of the molecule is COC(C)(C)c1nc(O)c(-c2ccccc2Cl)c(=O)[nH]1. The van der Waals surface area contributed by atoms with Crippen molar-refractivity contribution in [3.8, 4) is 17.0 Å². The van der Waals surface area contributed by atoms with Gasteiger partial charge in [-0.05, 0) is 19.9 Å². The molecule has 6 heteroatoms. The lowest BCUT2D eigenvalue weighted by molar-refractivity contribution is 0.0108. The number of aromatic nitrogens is 2. The normalized spacial score (nSPS) is 11.6. The molecule has 0 fully saturated rings. The average Bonchev–Trinajstić information content (AvgIpc) is 2.40. The molecule has 20 heavy (non-hydrogen) atoms. The molecule has 2 aromatic rings. The highest BCUT2D eigenvalue weighted by Gasteiger charge is 2.25. The van der Waals surface area contributed by atoms with Gasteiger partial charge in [0, 0.05) is 17.7 Å². The second-order valence-corrected chi connectivity index (χ2v) is 5.21. The lowest BCUT2D eigenvalue weighted by Crippen LogP contribution is -2.27. The maximum absolute atomic E-state index is 12.2. The van der Waals surface area contributed by atoms with Gasteiger partial charge in [0.1, 0.15) is 17.0 Å². The third-order valence-corrected chi connectivity index (χ3v) is 3.45. The van der Waals surface area contributed by atoms with E-state index >= 15 is 0 Å². The van der Waals surface area contributed by atoms with Crippen LogP contribution >= 0.6 is 11.6 Å². The number of hydrogen-bond acceptors (Lipinski definition) is 4. The Morgan fingerprint density at radius 1 is 1.35 bits per heavy atom. The number of hydrogen-bond donors (Lipinski definition) is 2. The summed E-state index contributed by atoms with van der Waals surface area (Å²) in [6.07, 6.45) is 0. The van der Waals surface area contributed by atoms with E-state index in [0.717, 1.165) is 0 Å². The van der Waals surface area contributed by atoms with E-state index in [2.05, 4.69) is 9.97 Å². The molecule has 0 amide bonds. The van der Waals surface area contributed by atoms with Crippen LogP contribution in [0.15, 0.2) is 29.1 Å². The maximum Gasteiger partial charge on any atom is 0.262 e. The first-order chi connectivity index (χ1) is 9.36. The van der Waals surface area contributed by atoms with Crippen LogP contribution in [0.5, 0.6) is 5.88 Å². The van der Waals surface area contributed by atoms with Crippen molar-refractivity contribution in [2.45, 2.75) is 19.4 Å². The van der Waals surface area contributed by atoms with Crippen LogP contribution in [-0.2, 0) is 10.3 Å². The Bertz CT molecular complexity index is 695. The van der Waals surface area contributed by atoms with Gasteiger partial charge in [0.2, 0.25) is 5.88 Å². The van der Waals surface area contributed by atoms with Crippen molar-refractivity contribution in [1.82, 2.24) is 9.97 Å². The van der Waals surface area contributed by atoms with Gasteiger partial charge in [-0.3, -0.25) is 4.79 Å². The summed E-state index contributed by atoms with van der Waals surface area (Å²) < 4.78 is 5.23. The highest BCUT2D eigenvalue weighted by atomic mass is 35.5. The molecule has 1 aromatic heterocycles. The third-order valence-electron chi connectivity index (χ3n) is 3.12. The zero-order valence-electron chi connectivity index (χ0n) is 11.4. The van der Waals surface area contributed by atoms with E-state index in [-0.39, 0.29) is 17.3 Å². The van der Waals surface area contributed by atoms with Crippen molar-refractivity contribution in [3.05, 3.63) is 45.5 Å². The zero-order valence-corrected chi connectivity index (χ0v) is 12.2. The van der Waals surface area contributed by atoms with Gasteiger partial charge < -0.3 is 14.8 Å². The van der Waals surface area contributed by atoms with Crippen LogP contribution in [0.2, 0.25) is 5.02 Å². The Morgan fingerprint density at radius 2 is 2.00 bits per heavy atom. The van der Waals surface area contributed by atoms with Gasteiger partial charge in [0.15, 0.2) is 0 Å². The quantitative estimate of drug-likeness (QED) is 0.912. The molecule has 0 aliphatic carbocycles. The molecule has 0 saturated heterocycles. The van der Waals surface area contributed by atoms with E-state index in [4.69, 9.17) is 16.3 Å². The number of H-pyrrole nitrogens is 1. The molecule has 0 aliphatic heterocycles. The van der Waals surface area contributed by atoms with Gasteiger partial charge in [-0.25, -0.2) is 0 Å². The molecule has 0 saturated carbocycles. The van der Waals surface area contributed by atoms with Crippen LogP contribution in [0.25, 0.3) is 11.1 Å². The second kappa shape index (κ2) is 5.26. The molecule has 2 N–H and O–H groups in total. The summed E-state index contributed by atoms with van der Waals surface area (Å²) in [6, 6.07) is 6.76. The fraction of sp³-hybridized carbons (Fsp3) is 0.286. The van der Waals surface area contributed by atoms with Gasteiger partial charge in [-0.2, -0.15) is 4.98 Å². The van der Waals surface area contributed by atoms with Crippen molar-refractivity contribution in [1.29, 1.82) is 0 Å².